The van der Waals surface area contributed by atoms with E-state index in [0.717, 1.165) is 47.1 Å². The number of likely N-dealkylation sites (N-methyl/N-ethyl adjacent to an activating group) is 1. The van der Waals surface area contributed by atoms with Crippen LogP contribution in [0.3, 0.4) is 0 Å². The molecule has 4 rings (SSSR count). The number of amides is 2. The number of nitrogens with one attached hydrogen (secondary N) is 3. The summed E-state index contributed by atoms with van der Waals surface area (Å²) in [5.41, 5.74) is 0.495. The molecule has 2 amide bonds. The number of aromatic nitrogens is 2. The zero-order valence-electron chi connectivity index (χ0n) is 20.9. The van der Waals surface area contributed by atoms with E-state index in [2.05, 4.69) is 20.9 Å². The molecule has 3 aromatic rings. The van der Waals surface area contributed by atoms with Crippen LogP contribution in [-0.2, 0) is 28.7 Å². The van der Waals surface area contributed by atoms with Crippen molar-refractivity contribution in [2.75, 3.05) is 12.4 Å². The Bertz CT molecular complexity index is 1400. The zero-order chi connectivity index (χ0) is 27.4. The van der Waals surface area contributed by atoms with Crippen molar-refractivity contribution in [1.82, 2.24) is 20.2 Å². The minimum Gasteiger partial charge on any atom is -0.348 e. The predicted molar refractivity (Wildman–Crippen MR) is 136 cm³/mol. The topological polar surface area (TPSA) is 105 Å². The van der Waals surface area contributed by atoms with E-state index in [-0.39, 0.29) is 23.1 Å². The Labute approximate surface area is 217 Å². The van der Waals surface area contributed by atoms with Crippen molar-refractivity contribution < 1.29 is 22.8 Å². The van der Waals surface area contributed by atoms with Crippen LogP contribution >= 0.6 is 0 Å². The summed E-state index contributed by atoms with van der Waals surface area (Å²) in [6.45, 7) is 1.11. The SMILES string of the molecule is CNC(C)C(=O)Nc1ncc(-c2cccc(C(F)(F)F)c2)n(CC(=O)NC2CCCc3ccccc32)c1=O. The molecule has 8 nitrogen and oxygen atoms in total. The summed E-state index contributed by atoms with van der Waals surface area (Å²) in [5, 5.41) is 8.13. The lowest BCUT2D eigenvalue weighted by Crippen LogP contribution is -2.40. The predicted octanol–water partition coefficient (Wildman–Crippen LogP) is 3.67. The number of anilines is 1. The minimum atomic E-state index is -4.60. The fourth-order valence-electron chi connectivity index (χ4n) is 4.46. The number of nitrogens with zero attached hydrogens (tertiary/aromatic N) is 2. The van der Waals surface area contributed by atoms with Crippen LogP contribution in [-0.4, -0.2) is 34.5 Å². The first kappa shape index (κ1) is 27.1. The van der Waals surface area contributed by atoms with Gasteiger partial charge in [0, 0.05) is 5.56 Å². The fraction of sp³-hybridized carbons (Fsp3) is 0.333. The van der Waals surface area contributed by atoms with Gasteiger partial charge in [-0.3, -0.25) is 19.0 Å². The smallest absolute Gasteiger partial charge is 0.348 e. The molecule has 0 aliphatic heterocycles. The molecule has 0 saturated heterocycles. The highest BCUT2D eigenvalue weighted by Crippen LogP contribution is 2.32. The van der Waals surface area contributed by atoms with Crippen LogP contribution in [0.2, 0.25) is 0 Å². The lowest BCUT2D eigenvalue weighted by atomic mass is 9.88. The lowest BCUT2D eigenvalue weighted by Gasteiger charge is -2.26. The Morgan fingerprint density at radius 2 is 1.92 bits per heavy atom. The van der Waals surface area contributed by atoms with E-state index in [0.29, 0.717) is 0 Å². The number of halogens is 3. The Morgan fingerprint density at radius 3 is 2.66 bits per heavy atom. The molecule has 0 fully saturated rings. The first-order valence-electron chi connectivity index (χ1n) is 12.2. The first-order valence-corrected chi connectivity index (χ1v) is 12.2. The summed E-state index contributed by atoms with van der Waals surface area (Å²) in [6, 6.07) is 11.3. The van der Waals surface area contributed by atoms with Gasteiger partial charge in [-0.05, 0) is 56.5 Å². The molecule has 38 heavy (non-hydrogen) atoms. The molecule has 3 N–H and O–H groups in total. The number of aryl methyl sites for hydroxylation is 1. The summed E-state index contributed by atoms with van der Waals surface area (Å²) in [6.07, 6.45) is -0.915. The molecule has 0 spiro atoms. The third kappa shape index (κ3) is 5.94. The van der Waals surface area contributed by atoms with E-state index in [1.54, 1.807) is 14.0 Å². The number of hydrogen-bond acceptors (Lipinski definition) is 5. The quantitative estimate of drug-likeness (QED) is 0.435. The van der Waals surface area contributed by atoms with E-state index < -0.39 is 41.7 Å². The van der Waals surface area contributed by atoms with Gasteiger partial charge < -0.3 is 16.0 Å². The van der Waals surface area contributed by atoms with Gasteiger partial charge in [0.25, 0.3) is 5.56 Å². The number of fused-ring (bicyclic) bond motifs is 1. The second kappa shape index (κ2) is 11.2. The molecular weight excluding hydrogens is 499 g/mol. The van der Waals surface area contributed by atoms with Gasteiger partial charge in [0.15, 0.2) is 5.82 Å². The Balaban J connectivity index is 1.70. The van der Waals surface area contributed by atoms with Gasteiger partial charge in [-0.1, -0.05) is 36.4 Å². The van der Waals surface area contributed by atoms with E-state index in [4.69, 9.17) is 0 Å². The number of hydrogen-bond donors (Lipinski definition) is 3. The monoisotopic (exact) mass is 527 g/mol. The molecule has 2 atom stereocenters. The van der Waals surface area contributed by atoms with Gasteiger partial charge in [0.05, 0.1) is 29.5 Å². The van der Waals surface area contributed by atoms with Crippen molar-refractivity contribution >= 4 is 17.6 Å². The summed E-state index contributed by atoms with van der Waals surface area (Å²) >= 11 is 0. The molecule has 1 aromatic heterocycles. The number of benzene rings is 2. The second-order valence-corrected chi connectivity index (χ2v) is 9.17. The second-order valence-electron chi connectivity index (χ2n) is 9.17. The number of carbonyl (C=O) groups excluding carboxylic acids is 2. The van der Waals surface area contributed by atoms with Gasteiger partial charge in [-0.25, -0.2) is 4.98 Å². The van der Waals surface area contributed by atoms with Crippen LogP contribution in [0, 0.1) is 0 Å². The molecule has 2 unspecified atom stereocenters. The molecular formula is C27H28F3N5O3. The highest BCUT2D eigenvalue weighted by molar-refractivity contribution is 5.93. The molecule has 1 aliphatic rings. The molecule has 0 saturated carbocycles. The summed E-state index contributed by atoms with van der Waals surface area (Å²) in [4.78, 5) is 42.9. The number of carbonyl (C=O) groups is 2. The van der Waals surface area contributed by atoms with Crippen LogP contribution in [0.1, 0.15) is 42.5 Å². The molecule has 1 aliphatic carbocycles. The van der Waals surface area contributed by atoms with Gasteiger partial charge in [0.1, 0.15) is 6.54 Å². The largest absolute Gasteiger partial charge is 0.416 e. The van der Waals surface area contributed by atoms with Crippen molar-refractivity contribution in [3.8, 4) is 11.3 Å². The van der Waals surface area contributed by atoms with Gasteiger partial charge >= 0.3 is 6.18 Å². The first-order chi connectivity index (χ1) is 18.1. The maximum atomic E-state index is 13.4. The maximum absolute atomic E-state index is 13.4. The van der Waals surface area contributed by atoms with Gasteiger partial charge in [0.2, 0.25) is 11.8 Å². The number of rotatable bonds is 7. The molecule has 1 heterocycles. The van der Waals surface area contributed by atoms with E-state index in [1.165, 1.54) is 18.3 Å². The molecule has 0 bridgehead atoms. The highest BCUT2D eigenvalue weighted by atomic mass is 19.4. The van der Waals surface area contributed by atoms with Crippen molar-refractivity contribution in [3.63, 3.8) is 0 Å². The Morgan fingerprint density at radius 1 is 1.16 bits per heavy atom. The number of alkyl halides is 3. The van der Waals surface area contributed by atoms with Crippen LogP contribution < -0.4 is 21.5 Å². The van der Waals surface area contributed by atoms with E-state index >= 15 is 0 Å². The van der Waals surface area contributed by atoms with Crippen LogP contribution in [0.15, 0.2) is 59.5 Å². The van der Waals surface area contributed by atoms with Crippen molar-refractivity contribution in [2.24, 2.45) is 0 Å². The third-order valence-corrected chi connectivity index (χ3v) is 6.61. The summed E-state index contributed by atoms with van der Waals surface area (Å²) in [5.74, 6) is -1.35. The summed E-state index contributed by atoms with van der Waals surface area (Å²) in [7, 11) is 1.57. The third-order valence-electron chi connectivity index (χ3n) is 6.61. The average molecular weight is 528 g/mol. The Hall–Kier alpha value is -3.99. The van der Waals surface area contributed by atoms with Gasteiger partial charge in [-0.15, -0.1) is 0 Å². The molecule has 0 radical (unpaired) electrons. The minimum absolute atomic E-state index is 0.0139. The van der Waals surface area contributed by atoms with E-state index in [1.807, 2.05) is 24.3 Å². The van der Waals surface area contributed by atoms with Crippen molar-refractivity contribution in [2.45, 2.75) is 51.0 Å². The maximum Gasteiger partial charge on any atom is 0.416 e. The normalized spacial score (nSPS) is 15.9. The molecule has 200 valence electrons. The van der Waals surface area contributed by atoms with Crippen LogP contribution in [0.5, 0.6) is 0 Å². The standard InChI is InChI=1S/C27H28F3N5O3/c1-16(31-2)25(37)34-24-26(38)35(22(14-32-24)18-9-5-10-19(13-18)27(28,29)30)15-23(36)33-21-12-6-8-17-7-3-4-11-20(17)21/h3-5,7,9-11,13-14,16,21,31H,6,8,12,15H2,1-2H3,(H,33,36)(H,32,34,37). The average Bonchev–Trinajstić information content (AvgIpc) is 2.90. The van der Waals surface area contributed by atoms with Crippen molar-refractivity contribution in [1.29, 1.82) is 0 Å². The van der Waals surface area contributed by atoms with Crippen LogP contribution in [0.4, 0.5) is 19.0 Å². The zero-order valence-corrected chi connectivity index (χ0v) is 20.9. The lowest BCUT2D eigenvalue weighted by molar-refractivity contribution is -0.137. The van der Waals surface area contributed by atoms with E-state index in [9.17, 15) is 27.6 Å². The fourth-order valence-corrected chi connectivity index (χ4v) is 4.46. The molecule has 11 heteroatoms. The van der Waals surface area contributed by atoms with Crippen LogP contribution in [0.25, 0.3) is 11.3 Å². The Kier molecular flexibility index (Phi) is 7.96. The highest BCUT2D eigenvalue weighted by Gasteiger charge is 2.31. The summed E-state index contributed by atoms with van der Waals surface area (Å²) < 4.78 is 41.1. The molecule has 2 aromatic carbocycles. The van der Waals surface area contributed by atoms with Crippen molar-refractivity contribution in [3.05, 3.63) is 81.8 Å². The van der Waals surface area contributed by atoms with Gasteiger partial charge in [-0.2, -0.15) is 13.2 Å².